The number of fused-ring (bicyclic) bond motifs is 1. The lowest BCUT2D eigenvalue weighted by molar-refractivity contribution is -0.140. The molecule has 0 spiro atoms. The summed E-state index contributed by atoms with van der Waals surface area (Å²) < 4.78 is 59.1. The van der Waals surface area contributed by atoms with Crippen molar-refractivity contribution in [1.29, 1.82) is 0 Å². The Kier molecular flexibility index (Phi) is 6.63. The Morgan fingerprint density at radius 1 is 1.09 bits per heavy atom. The number of methoxy groups -OCH3 is 1. The maximum absolute atomic E-state index is 13.9. The van der Waals surface area contributed by atoms with Crippen LogP contribution >= 0.6 is 0 Å². The highest BCUT2D eigenvalue weighted by Crippen LogP contribution is 2.36. The van der Waals surface area contributed by atoms with Crippen molar-refractivity contribution in [3.8, 4) is 5.75 Å². The molecular formula is C25H25F4N3O2. The van der Waals surface area contributed by atoms with Gasteiger partial charge in [0.25, 0.3) is 5.91 Å². The van der Waals surface area contributed by atoms with E-state index in [4.69, 9.17) is 4.74 Å². The Morgan fingerprint density at radius 2 is 1.79 bits per heavy atom. The highest BCUT2D eigenvalue weighted by atomic mass is 19.4. The third kappa shape index (κ3) is 4.93. The monoisotopic (exact) mass is 475 g/mol. The Morgan fingerprint density at radius 3 is 2.44 bits per heavy atom. The number of nitrogens with one attached hydrogen (secondary N) is 1. The maximum Gasteiger partial charge on any atom is 0.433 e. The molecule has 5 nitrogen and oxygen atoms in total. The fraction of sp³-hybridized carbons (Fsp3) is 0.360. The second-order valence-corrected chi connectivity index (χ2v) is 8.48. The Bertz CT molecular complexity index is 1190. The van der Waals surface area contributed by atoms with Crippen molar-refractivity contribution < 1.29 is 27.1 Å². The fourth-order valence-electron chi connectivity index (χ4n) is 4.47. The molecule has 9 heteroatoms. The first-order valence-electron chi connectivity index (χ1n) is 11.0. The van der Waals surface area contributed by atoms with Crippen LogP contribution in [0.2, 0.25) is 0 Å². The SMILES string of the molecule is COc1ccc(C(=O)N[C@H]2CC[C@@H](N(C)c3cc(C(F)(F)F)nc4ccccc34)CC2)cc1F. The number of hydrogen-bond acceptors (Lipinski definition) is 4. The molecule has 1 N–H and O–H groups in total. The molecule has 0 radical (unpaired) electrons. The number of benzene rings is 2. The summed E-state index contributed by atoms with van der Waals surface area (Å²) in [6.07, 6.45) is -1.83. The molecule has 0 atom stereocenters. The van der Waals surface area contributed by atoms with Gasteiger partial charge in [0, 0.05) is 35.8 Å². The number of rotatable bonds is 5. The molecule has 34 heavy (non-hydrogen) atoms. The van der Waals surface area contributed by atoms with Crippen molar-refractivity contribution >= 4 is 22.5 Å². The van der Waals surface area contributed by atoms with Gasteiger partial charge in [0.2, 0.25) is 0 Å². The van der Waals surface area contributed by atoms with Gasteiger partial charge in [-0.1, -0.05) is 18.2 Å². The average Bonchev–Trinajstić information content (AvgIpc) is 2.82. The van der Waals surface area contributed by atoms with E-state index in [9.17, 15) is 22.4 Å². The van der Waals surface area contributed by atoms with Crippen LogP contribution < -0.4 is 15.0 Å². The summed E-state index contributed by atoms with van der Waals surface area (Å²) in [4.78, 5) is 18.2. The maximum atomic E-state index is 13.9. The molecule has 1 aliphatic carbocycles. The number of anilines is 1. The van der Waals surface area contributed by atoms with Crippen LogP contribution in [0.3, 0.4) is 0 Å². The predicted molar refractivity (Wildman–Crippen MR) is 122 cm³/mol. The summed E-state index contributed by atoms with van der Waals surface area (Å²) in [7, 11) is 3.15. The van der Waals surface area contributed by atoms with Crippen LogP contribution in [0, 0.1) is 5.82 Å². The molecule has 1 fully saturated rings. The van der Waals surface area contributed by atoms with Gasteiger partial charge in [0.1, 0.15) is 5.69 Å². The Balaban J connectivity index is 1.45. The van der Waals surface area contributed by atoms with Crippen LogP contribution in [0.1, 0.15) is 41.7 Å². The van der Waals surface area contributed by atoms with E-state index in [0.717, 1.165) is 12.1 Å². The topological polar surface area (TPSA) is 54.5 Å². The van der Waals surface area contributed by atoms with Crippen LogP contribution in [-0.4, -0.2) is 37.1 Å². The first-order valence-corrected chi connectivity index (χ1v) is 11.0. The number of aromatic nitrogens is 1. The standard InChI is InChI=1S/C25H25F4N3O2/c1-32(21-14-23(25(27,28)29)31-20-6-4-3-5-18(20)21)17-10-8-16(9-11-17)30-24(33)15-7-12-22(34-2)19(26)13-15/h3-7,12-14,16-17H,8-11H2,1-2H3,(H,30,33)/t16-,17+. The highest BCUT2D eigenvalue weighted by molar-refractivity contribution is 5.94. The van der Waals surface area contributed by atoms with E-state index in [1.165, 1.54) is 19.2 Å². The van der Waals surface area contributed by atoms with Crippen molar-refractivity contribution in [2.24, 2.45) is 0 Å². The molecule has 1 aromatic heterocycles. The minimum atomic E-state index is -4.54. The Hall–Kier alpha value is -3.36. The number of halogens is 4. The zero-order valence-corrected chi connectivity index (χ0v) is 18.8. The summed E-state index contributed by atoms with van der Waals surface area (Å²) in [5.41, 5.74) is 0.0761. The predicted octanol–water partition coefficient (Wildman–Crippen LogP) is 5.58. The molecule has 0 saturated heterocycles. The van der Waals surface area contributed by atoms with E-state index in [1.807, 2.05) is 4.90 Å². The van der Waals surface area contributed by atoms with Gasteiger partial charge in [-0.15, -0.1) is 0 Å². The molecule has 4 rings (SSSR count). The van der Waals surface area contributed by atoms with Crippen molar-refractivity contribution in [3.05, 3.63) is 65.6 Å². The van der Waals surface area contributed by atoms with Gasteiger partial charge in [-0.05, 0) is 56.0 Å². The number of para-hydroxylation sites is 1. The number of carbonyl (C=O) groups excluding carboxylic acids is 1. The third-order valence-electron chi connectivity index (χ3n) is 6.36. The number of pyridine rings is 1. The fourth-order valence-corrected chi connectivity index (χ4v) is 4.47. The van der Waals surface area contributed by atoms with Crippen molar-refractivity contribution in [3.63, 3.8) is 0 Å². The smallest absolute Gasteiger partial charge is 0.433 e. The van der Waals surface area contributed by atoms with Crippen LogP contribution in [0.25, 0.3) is 10.9 Å². The van der Waals surface area contributed by atoms with E-state index in [2.05, 4.69) is 10.3 Å². The summed E-state index contributed by atoms with van der Waals surface area (Å²) in [6, 6.07) is 11.9. The number of nitrogens with zero attached hydrogens (tertiary/aromatic N) is 2. The van der Waals surface area contributed by atoms with Gasteiger partial charge < -0.3 is 15.0 Å². The molecule has 1 aliphatic rings. The van der Waals surface area contributed by atoms with Crippen LogP contribution in [0.15, 0.2) is 48.5 Å². The van der Waals surface area contributed by atoms with Gasteiger partial charge in [-0.3, -0.25) is 4.79 Å². The minimum absolute atomic E-state index is 0.0125. The van der Waals surface area contributed by atoms with Gasteiger partial charge in [0.15, 0.2) is 11.6 Å². The van der Waals surface area contributed by atoms with Crippen LogP contribution in [0.4, 0.5) is 23.2 Å². The number of alkyl halides is 3. The van der Waals surface area contributed by atoms with Crippen molar-refractivity contribution in [2.45, 2.75) is 43.9 Å². The van der Waals surface area contributed by atoms with Gasteiger partial charge in [-0.25, -0.2) is 9.37 Å². The molecule has 0 unspecified atom stereocenters. The third-order valence-corrected chi connectivity index (χ3v) is 6.36. The lowest BCUT2D eigenvalue weighted by Gasteiger charge is -2.37. The molecule has 2 aromatic carbocycles. The summed E-state index contributed by atoms with van der Waals surface area (Å²) >= 11 is 0. The van der Waals surface area contributed by atoms with Gasteiger partial charge in [-0.2, -0.15) is 13.2 Å². The molecule has 1 amide bonds. The normalized spacial score (nSPS) is 18.5. The summed E-state index contributed by atoms with van der Waals surface area (Å²) in [5, 5.41) is 3.60. The van der Waals surface area contributed by atoms with E-state index in [-0.39, 0.29) is 29.3 Å². The second-order valence-electron chi connectivity index (χ2n) is 8.48. The summed E-state index contributed by atoms with van der Waals surface area (Å²) in [5.74, 6) is -0.908. The van der Waals surface area contributed by atoms with E-state index >= 15 is 0 Å². The molecule has 1 heterocycles. The molecular weight excluding hydrogens is 450 g/mol. The Labute approximate surface area is 194 Å². The molecule has 180 valence electrons. The number of carbonyl (C=O) groups is 1. The number of ether oxygens (including phenoxy) is 1. The first kappa shape index (κ1) is 23.8. The van der Waals surface area contributed by atoms with Crippen LogP contribution in [-0.2, 0) is 6.18 Å². The highest BCUT2D eigenvalue weighted by Gasteiger charge is 2.34. The second kappa shape index (κ2) is 9.48. The number of hydrogen-bond donors (Lipinski definition) is 1. The number of amides is 1. The zero-order valence-electron chi connectivity index (χ0n) is 18.8. The van der Waals surface area contributed by atoms with Crippen molar-refractivity contribution in [1.82, 2.24) is 10.3 Å². The molecule has 3 aromatic rings. The lowest BCUT2D eigenvalue weighted by atomic mass is 9.89. The quantitative estimate of drug-likeness (QED) is 0.490. The van der Waals surface area contributed by atoms with E-state index in [0.29, 0.717) is 42.3 Å². The largest absolute Gasteiger partial charge is 0.494 e. The van der Waals surface area contributed by atoms with Crippen LogP contribution in [0.5, 0.6) is 5.75 Å². The van der Waals surface area contributed by atoms with Gasteiger partial charge in [0.05, 0.1) is 12.6 Å². The van der Waals surface area contributed by atoms with Crippen molar-refractivity contribution in [2.75, 3.05) is 19.1 Å². The molecule has 0 aliphatic heterocycles. The molecule has 0 bridgehead atoms. The average molecular weight is 475 g/mol. The minimum Gasteiger partial charge on any atom is -0.494 e. The first-order chi connectivity index (χ1) is 16.2. The molecule has 1 saturated carbocycles. The lowest BCUT2D eigenvalue weighted by Crippen LogP contribution is -2.43. The van der Waals surface area contributed by atoms with E-state index in [1.54, 1.807) is 31.3 Å². The van der Waals surface area contributed by atoms with Gasteiger partial charge >= 0.3 is 6.18 Å². The summed E-state index contributed by atoms with van der Waals surface area (Å²) in [6.45, 7) is 0. The zero-order chi connectivity index (χ0) is 24.5. The van der Waals surface area contributed by atoms with E-state index < -0.39 is 17.7 Å².